The third-order valence-corrected chi connectivity index (χ3v) is 6.47. The van der Waals surface area contributed by atoms with Crippen molar-refractivity contribution >= 4 is 40.9 Å². The minimum atomic E-state index is -0.841. The Balaban J connectivity index is 1.31. The number of halogens is 1. The van der Waals surface area contributed by atoms with E-state index in [9.17, 15) is 19.2 Å². The van der Waals surface area contributed by atoms with Crippen molar-refractivity contribution in [2.24, 2.45) is 0 Å². The van der Waals surface area contributed by atoms with E-state index in [4.69, 9.17) is 21.1 Å². The van der Waals surface area contributed by atoms with E-state index in [1.165, 1.54) is 19.2 Å². The molecular weight excluding hydrogens is 506 g/mol. The van der Waals surface area contributed by atoms with Crippen molar-refractivity contribution < 1.29 is 28.7 Å². The molecule has 0 N–H and O–H groups in total. The fourth-order valence-electron chi connectivity index (χ4n) is 4.22. The number of Topliss-reactive ketones (excluding diaryl/α,β-unsaturated/α-hetero) is 1. The number of benzene rings is 4. The predicted octanol–water partition coefficient (Wildman–Crippen LogP) is 5.86. The van der Waals surface area contributed by atoms with Gasteiger partial charge in [-0.2, -0.15) is 0 Å². The molecule has 0 unspecified atom stereocenters. The maximum atomic E-state index is 12.9. The molecule has 4 aromatic carbocycles. The molecule has 0 aliphatic carbocycles. The highest BCUT2D eigenvalue weighted by Crippen LogP contribution is 2.38. The maximum Gasteiger partial charge on any atom is 0.342 e. The van der Waals surface area contributed by atoms with Crippen LogP contribution in [0.25, 0.3) is 11.1 Å². The van der Waals surface area contributed by atoms with Gasteiger partial charge in [-0.1, -0.05) is 78.3 Å². The van der Waals surface area contributed by atoms with Crippen LogP contribution in [0.3, 0.4) is 0 Å². The number of hydrogen-bond acceptors (Lipinski definition) is 6. The topological polar surface area (TPSA) is 90.0 Å². The smallest absolute Gasteiger partial charge is 0.342 e. The van der Waals surface area contributed by atoms with Gasteiger partial charge in [-0.15, -0.1) is 0 Å². The second kappa shape index (κ2) is 10.3. The van der Waals surface area contributed by atoms with Crippen LogP contribution in [0.4, 0.5) is 5.69 Å². The maximum absolute atomic E-state index is 12.9. The first kappa shape index (κ1) is 24.9. The van der Waals surface area contributed by atoms with Crippen LogP contribution in [0.15, 0.2) is 91.0 Å². The summed E-state index contributed by atoms with van der Waals surface area (Å²) < 4.78 is 10.6. The minimum Gasteiger partial charge on any atom is -0.496 e. The first-order valence-corrected chi connectivity index (χ1v) is 12.0. The normalized spacial score (nSPS) is 12.3. The summed E-state index contributed by atoms with van der Waals surface area (Å²) in [6.45, 7) is -0.496. The Morgan fingerprint density at radius 2 is 1.37 bits per heavy atom. The van der Waals surface area contributed by atoms with Gasteiger partial charge in [0.1, 0.15) is 11.3 Å². The summed E-state index contributed by atoms with van der Waals surface area (Å²) in [4.78, 5) is 52.1. The summed E-state index contributed by atoms with van der Waals surface area (Å²) in [6, 6.07) is 25.7. The zero-order chi connectivity index (χ0) is 26.8. The first-order chi connectivity index (χ1) is 18.4. The molecule has 0 atom stereocenters. The standard InChI is InChI=1S/C30H20ClNO6/c1-37-27-16-25(32-28(34)21-9-5-6-10-22(21)29(32)35)24(31)15-23(27)30(36)38-17-26(33)20-13-11-19(12-14-20)18-7-3-2-4-8-18/h2-16H,17H2,1H3. The molecule has 4 aromatic rings. The Kier molecular flexibility index (Phi) is 6.77. The Morgan fingerprint density at radius 3 is 1.97 bits per heavy atom. The van der Waals surface area contributed by atoms with Gasteiger partial charge in [0, 0.05) is 11.6 Å². The number of rotatable bonds is 7. The summed E-state index contributed by atoms with van der Waals surface area (Å²) >= 11 is 6.40. The summed E-state index contributed by atoms with van der Waals surface area (Å²) in [5, 5.41) is -0.0323. The number of hydrogen-bond donors (Lipinski definition) is 0. The zero-order valence-electron chi connectivity index (χ0n) is 20.1. The van der Waals surface area contributed by atoms with Gasteiger partial charge in [0.15, 0.2) is 12.4 Å². The van der Waals surface area contributed by atoms with Crippen LogP contribution in [0.5, 0.6) is 5.75 Å². The molecule has 0 fully saturated rings. The molecule has 38 heavy (non-hydrogen) atoms. The van der Waals surface area contributed by atoms with Crippen molar-refractivity contribution in [3.8, 4) is 16.9 Å². The molecule has 7 nitrogen and oxygen atoms in total. The number of methoxy groups -OCH3 is 1. The average Bonchev–Trinajstić information content (AvgIpc) is 3.21. The molecule has 0 saturated carbocycles. The zero-order valence-corrected chi connectivity index (χ0v) is 20.9. The first-order valence-electron chi connectivity index (χ1n) is 11.6. The fraction of sp³-hybridized carbons (Fsp3) is 0.0667. The molecule has 0 saturated heterocycles. The van der Waals surface area contributed by atoms with Gasteiger partial charge >= 0.3 is 5.97 Å². The number of ether oxygens (including phenoxy) is 2. The lowest BCUT2D eigenvalue weighted by molar-refractivity contribution is 0.0471. The van der Waals surface area contributed by atoms with E-state index in [0.29, 0.717) is 5.56 Å². The molecule has 5 rings (SSSR count). The summed E-state index contributed by atoms with van der Waals surface area (Å²) in [6.07, 6.45) is 0. The van der Waals surface area contributed by atoms with Gasteiger partial charge in [0.05, 0.1) is 28.9 Å². The molecule has 0 spiro atoms. The van der Waals surface area contributed by atoms with E-state index < -0.39 is 24.4 Å². The monoisotopic (exact) mass is 525 g/mol. The summed E-state index contributed by atoms with van der Waals surface area (Å²) in [5.74, 6) is -2.26. The second-order valence-corrected chi connectivity index (χ2v) is 8.85. The molecule has 188 valence electrons. The number of carbonyl (C=O) groups is 4. The van der Waals surface area contributed by atoms with E-state index in [2.05, 4.69) is 0 Å². The van der Waals surface area contributed by atoms with Crippen molar-refractivity contribution in [2.75, 3.05) is 18.6 Å². The Hall–Kier alpha value is -4.75. The van der Waals surface area contributed by atoms with Crippen molar-refractivity contribution in [1.29, 1.82) is 0 Å². The second-order valence-electron chi connectivity index (χ2n) is 8.44. The van der Waals surface area contributed by atoms with E-state index in [-0.39, 0.29) is 38.9 Å². The molecule has 8 heteroatoms. The largest absolute Gasteiger partial charge is 0.496 e. The number of carbonyl (C=O) groups excluding carboxylic acids is 4. The van der Waals surface area contributed by atoms with Crippen molar-refractivity contribution in [1.82, 2.24) is 0 Å². The Bertz CT molecular complexity index is 1550. The fourth-order valence-corrected chi connectivity index (χ4v) is 4.47. The summed E-state index contributed by atoms with van der Waals surface area (Å²) in [5.41, 5.74) is 2.90. The Labute approximate surface area is 223 Å². The highest BCUT2D eigenvalue weighted by atomic mass is 35.5. The molecule has 0 bridgehead atoms. The quantitative estimate of drug-likeness (QED) is 0.171. The third kappa shape index (κ3) is 4.55. The SMILES string of the molecule is COc1cc(N2C(=O)c3ccccc3C2=O)c(Cl)cc1C(=O)OCC(=O)c1ccc(-c2ccccc2)cc1. The van der Waals surface area contributed by atoms with Gasteiger partial charge < -0.3 is 9.47 Å². The van der Waals surface area contributed by atoms with Crippen LogP contribution >= 0.6 is 11.6 Å². The molecule has 1 heterocycles. The molecular formula is C30H20ClNO6. The number of imide groups is 1. The van der Waals surface area contributed by atoms with Gasteiger partial charge in [-0.05, 0) is 29.3 Å². The number of esters is 1. The van der Waals surface area contributed by atoms with Gasteiger partial charge in [0.2, 0.25) is 0 Å². The summed E-state index contributed by atoms with van der Waals surface area (Å²) in [7, 11) is 1.33. The number of nitrogens with zero attached hydrogens (tertiary/aromatic N) is 1. The molecule has 2 amide bonds. The highest BCUT2D eigenvalue weighted by molar-refractivity contribution is 6.40. The minimum absolute atomic E-state index is 0.0323. The number of fused-ring (bicyclic) bond motifs is 1. The highest BCUT2D eigenvalue weighted by Gasteiger charge is 2.38. The Morgan fingerprint density at radius 1 is 0.789 bits per heavy atom. The molecule has 0 aromatic heterocycles. The lowest BCUT2D eigenvalue weighted by atomic mass is 10.0. The molecule has 1 aliphatic rings. The number of anilines is 1. The number of ketones is 1. The van der Waals surface area contributed by atoms with Crippen molar-refractivity contribution in [2.45, 2.75) is 0 Å². The van der Waals surface area contributed by atoms with E-state index in [0.717, 1.165) is 16.0 Å². The average molecular weight is 526 g/mol. The third-order valence-electron chi connectivity index (χ3n) is 6.17. The van der Waals surface area contributed by atoms with E-state index in [1.54, 1.807) is 36.4 Å². The van der Waals surface area contributed by atoms with Crippen molar-refractivity contribution in [3.05, 3.63) is 118 Å². The van der Waals surface area contributed by atoms with Crippen LogP contribution in [0, 0.1) is 0 Å². The van der Waals surface area contributed by atoms with Crippen molar-refractivity contribution in [3.63, 3.8) is 0 Å². The van der Waals surface area contributed by atoms with Gasteiger partial charge in [-0.3, -0.25) is 14.4 Å². The number of amides is 2. The van der Waals surface area contributed by atoms with E-state index in [1.807, 2.05) is 42.5 Å². The van der Waals surface area contributed by atoms with Crippen LogP contribution in [0.1, 0.15) is 41.4 Å². The van der Waals surface area contributed by atoms with Crippen LogP contribution in [-0.2, 0) is 4.74 Å². The molecule has 0 radical (unpaired) electrons. The lowest BCUT2D eigenvalue weighted by Crippen LogP contribution is -2.29. The van der Waals surface area contributed by atoms with Gasteiger partial charge in [0.25, 0.3) is 11.8 Å². The van der Waals surface area contributed by atoms with Gasteiger partial charge in [-0.25, -0.2) is 9.69 Å². The van der Waals surface area contributed by atoms with E-state index >= 15 is 0 Å². The van der Waals surface area contributed by atoms with Crippen LogP contribution in [-0.4, -0.2) is 37.3 Å². The predicted molar refractivity (Wildman–Crippen MR) is 142 cm³/mol. The lowest BCUT2D eigenvalue weighted by Gasteiger charge is -2.18. The van der Waals surface area contributed by atoms with Crippen LogP contribution in [0.2, 0.25) is 5.02 Å². The van der Waals surface area contributed by atoms with Crippen LogP contribution < -0.4 is 9.64 Å². The molecule has 1 aliphatic heterocycles.